The Bertz CT molecular complexity index is 898. The molecule has 4 aliphatic carbocycles. The van der Waals surface area contributed by atoms with Gasteiger partial charge in [0.1, 0.15) is 6.29 Å². The number of carbonyl (C=O) groups excluding carboxylic acids is 1. The molecule has 0 saturated heterocycles. The summed E-state index contributed by atoms with van der Waals surface area (Å²) in [5, 5.41) is 22.2. The lowest BCUT2D eigenvalue weighted by molar-refractivity contribution is -0.179. The van der Waals surface area contributed by atoms with Gasteiger partial charge in [-0.05, 0) is 80.8 Å². The first-order valence-corrected chi connectivity index (χ1v) is 11.0. The van der Waals surface area contributed by atoms with E-state index in [4.69, 9.17) is 4.42 Å². The Labute approximate surface area is 170 Å². The predicted molar refractivity (Wildman–Crippen MR) is 107 cm³/mol. The Balaban J connectivity index is 1.53. The molecule has 29 heavy (non-hydrogen) atoms. The number of fused-ring (bicyclic) bond motifs is 5. The number of hydrogen-bond donors (Lipinski definition) is 2. The van der Waals surface area contributed by atoms with Gasteiger partial charge in [-0.1, -0.05) is 18.6 Å². The molecule has 0 bridgehead atoms. The maximum absolute atomic E-state index is 12.4. The molecule has 0 aliphatic heterocycles. The smallest absolute Gasteiger partial charge is 0.335 e. The van der Waals surface area contributed by atoms with Crippen LogP contribution in [0.1, 0.15) is 69.8 Å². The molecule has 3 saturated carbocycles. The van der Waals surface area contributed by atoms with Crippen LogP contribution >= 0.6 is 0 Å². The van der Waals surface area contributed by atoms with Crippen LogP contribution in [0, 0.1) is 22.7 Å². The second kappa shape index (κ2) is 6.39. The lowest BCUT2D eigenvalue weighted by Crippen LogP contribution is -2.61. The summed E-state index contributed by atoms with van der Waals surface area (Å²) < 4.78 is 5.13. The Kier molecular flexibility index (Phi) is 4.24. The van der Waals surface area contributed by atoms with E-state index in [1.807, 2.05) is 12.1 Å². The van der Waals surface area contributed by atoms with Crippen LogP contribution in [0.15, 0.2) is 39.3 Å². The van der Waals surface area contributed by atoms with Crippen molar-refractivity contribution in [3.8, 4) is 0 Å². The number of rotatable bonds is 2. The quantitative estimate of drug-likeness (QED) is 0.589. The number of hydrogen-bond acceptors (Lipinski definition) is 5. The van der Waals surface area contributed by atoms with E-state index in [1.165, 1.54) is 6.07 Å². The van der Waals surface area contributed by atoms with E-state index < -0.39 is 17.1 Å². The topological polar surface area (TPSA) is 87.7 Å². The summed E-state index contributed by atoms with van der Waals surface area (Å²) in [7, 11) is 0. The Hall–Kier alpha value is -1.72. The van der Waals surface area contributed by atoms with Gasteiger partial charge in [-0.15, -0.1) is 0 Å². The first-order chi connectivity index (χ1) is 13.8. The lowest BCUT2D eigenvalue weighted by Gasteiger charge is -2.61. The van der Waals surface area contributed by atoms with Gasteiger partial charge in [-0.3, -0.25) is 0 Å². The molecule has 5 rings (SSSR count). The van der Waals surface area contributed by atoms with E-state index in [9.17, 15) is 19.8 Å². The number of aliphatic hydroxyl groups is 2. The molecule has 1 aromatic rings. The van der Waals surface area contributed by atoms with Gasteiger partial charge in [0.15, 0.2) is 0 Å². The maximum atomic E-state index is 12.4. The van der Waals surface area contributed by atoms with Crippen LogP contribution in [0.25, 0.3) is 0 Å². The predicted octanol–water partition coefficient (Wildman–Crippen LogP) is 3.34. The molecule has 0 amide bonds. The lowest BCUT2D eigenvalue weighted by atomic mass is 9.45. The van der Waals surface area contributed by atoms with Crippen molar-refractivity contribution in [1.29, 1.82) is 0 Å². The van der Waals surface area contributed by atoms with Crippen LogP contribution in [0.2, 0.25) is 0 Å². The van der Waals surface area contributed by atoms with Crippen LogP contribution in [0.5, 0.6) is 0 Å². The average Bonchev–Trinajstić information content (AvgIpc) is 3.00. The molecule has 4 aliphatic rings. The standard InChI is InChI=1S/C24H30O5/c1-22-9-7-19-20(4-3-16-12-17(26)6-10-23(16,19)14-25)24(22,28)11-8-18(22)15-2-5-21(27)29-13-15/h2,5,12-14,17-20,26,28H,3-4,6-11H2,1H3/t17-,18+,19+,20+,22+,23+,24-/m0/s1. The van der Waals surface area contributed by atoms with E-state index in [0.29, 0.717) is 19.3 Å². The third-order valence-electron chi connectivity index (χ3n) is 9.21. The van der Waals surface area contributed by atoms with Gasteiger partial charge in [0.25, 0.3) is 0 Å². The van der Waals surface area contributed by atoms with Crippen molar-refractivity contribution in [2.24, 2.45) is 22.7 Å². The summed E-state index contributed by atoms with van der Waals surface area (Å²) in [6.45, 7) is 2.19. The zero-order valence-electron chi connectivity index (χ0n) is 17.0. The zero-order valence-corrected chi connectivity index (χ0v) is 17.0. The molecular formula is C24H30O5. The fourth-order valence-electron chi connectivity index (χ4n) is 7.71. The second-order valence-electron chi connectivity index (χ2n) is 10.1. The fraction of sp³-hybridized carbons (Fsp3) is 0.667. The van der Waals surface area contributed by atoms with Crippen molar-refractivity contribution >= 4 is 6.29 Å². The van der Waals surface area contributed by atoms with E-state index in [-0.39, 0.29) is 28.8 Å². The van der Waals surface area contributed by atoms with E-state index in [2.05, 4.69) is 6.92 Å². The van der Waals surface area contributed by atoms with Crippen LogP contribution < -0.4 is 5.63 Å². The second-order valence-corrected chi connectivity index (χ2v) is 10.1. The van der Waals surface area contributed by atoms with Crippen molar-refractivity contribution in [2.45, 2.75) is 75.9 Å². The first kappa shape index (κ1) is 19.3. The van der Waals surface area contributed by atoms with Gasteiger partial charge in [0.2, 0.25) is 0 Å². The normalized spacial score (nSPS) is 46.2. The summed E-state index contributed by atoms with van der Waals surface area (Å²) >= 11 is 0. The van der Waals surface area contributed by atoms with Crippen LogP contribution in [0.4, 0.5) is 0 Å². The highest BCUT2D eigenvalue weighted by Gasteiger charge is 2.67. The molecule has 0 unspecified atom stereocenters. The summed E-state index contributed by atoms with van der Waals surface area (Å²) in [4.78, 5) is 23.8. The van der Waals surface area contributed by atoms with Crippen LogP contribution in [0.3, 0.4) is 0 Å². The minimum atomic E-state index is -0.825. The van der Waals surface area contributed by atoms with Crippen molar-refractivity contribution in [2.75, 3.05) is 0 Å². The third kappa shape index (κ3) is 2.46. The number of aldehydes is 1. The summed E-state index contributed by atoms with van der Waals surface area (Å²) in [5.74, 6) is 0.368. The van der Waals surface area contributed by atoms with E-state index in [1.54, 1.807) is 6.26 Å². The highest BCUT2D eigenvalue weighted by molar-refractivity contribution is 5.67. The van der Waals surface area contributed by atoms with Gasteiger partial charge in [-0.2, -0.15) is 0 Å². The van der Waals surface area contributed by atoms with Gasteiger partial charge in [-0.25, -0.2) is 4.79 Å². The molecule has 0 aromatic carbocycles. The summed E-state index contributed by atoms with van der Waals surface area (Å²) in [5.41, 5.74) is 0.0938. The van der Waals surface area contributed by atoms with Gasteiger partial charge >= 0.3 is 5.63 Å². The average molecular weight is 398 g/mol. The molecule has 7 atom stereocenters. The molecule has 3 fully saturated rings. The number of aliphatic hydroxyl groups excluding tert-OH is 1. The number of carbonyl (C=O) groups is 1. The summed E-state index contributed by atoms with van der Waals surface area (Å²) in [6, 6.07) is 3.31. The molecule has 5 nitrogen and oxygen atoms in total. The first-order valence-electron chi connectivity index (χ1n) is 11.0. The molecular weight excluding hydrogens is 368 g/mol. The minimum Gasteiger partial charge on any atom is -0.431 e. The SMILES string of the molecule is C[C@]12CC[C@@H]3[C@@H](CCC4=C[C@@H](O)CC[C@@]43C=O)[C@@]1(O)CC[C@@H]2c1ccc(=O)oc1. The van der Waals surface area contributed by atoms with Gasteiger partial charge in [0.05, 0.1) is 23.4 Å². The molecule has 0 radical (unpaired) electrons. The maximum Gasteiger partial charge on any atom is 0.335 e. The Morgan fingerprint density at radius 2 is 1.93 bits per heavy atom. The zero-order chi connectivity index (χ0) is 20.4. The molecule has 156 valence electrons. The minimum absolute atomic E-state index is 0.0829. The van der Waals surface area contributed by atoms with E-state index >= 15 is 0 Å². The fourth-order valence-corrected chi connectivity index (χ4v) is 7.71. The molecule has 1 aromatic heterocycles. The van der Waals surface area contributed by atoms with Crippen molar-refractivity contribution < 1.29 is 19.4 Å². The summed E-state index contributed by atoms with van der Waals surface area (Å²) in [6.07, 6.45) is 10.4. The molecule has 5 heteroatoms. The third-order valence-corrected chi connectivity index (χ3v) is 9.21. The van der Waals surface area contributed by atoms with Crippen molar-refractivity contribution in [3.05, 3.63) is 46.0 Å². The van der Waals surface area contributed by atoms with Crippen molar-refractivity contribution in [1.82, 2.24) is 0 Å². The molecule has 2 N–H and O–H groups in total. The van der Waals surface area contributed by atoms with Crippen molar-refractivity contribution in [3.63, 3.8) is 0 Å². The van der Waals surface area contributed by atoms with Crippen LogP contribution in [-0.4, -0.2) is 28.2 Å². The van der Waals surface area contributed by atoms with Crippen LogP contribution in [-0.2, 0) is 4.79 Å². The molecule has 0 spiro atoms. The largest absolute Gasteiger partial charge is 0.431 e. The monoisotopic (exact) mass is 398 g/mol. The molecule has 1 heterocycles. The van der Waals surface area contributed by atoms with E-state index in [0.717, 1.165) is 49.5 Å². The highest BCUT2D eigenvalue weighted by Crippen LogP contribution is 2.69. The van der Waals surface area contributed by atoms with Gasteiger partial charge in [0, 0.05) is 11.5 Å². The number of allylic oxidation sites excluding steroid dienone is 1. The Morgan fingerprint density at radius 1 is 1.10 bits per heavy atom. The Morgan fingerprint density at radius 3 is 2.66 bits per heavy atom. The highest BCUT2D eigenvalue weighted by atomic mass is 16.4. The van der Waals surface area contributed by atoms with Gasteiger partial charge < -0.3 is 19.4 Å².